The second kappa shape index (κ2) is 8.76. The monoisotopic (exact) mass is 270 g/mol. The summed E-state index contributed by atoms with van der Waals surface area (Å²) in [7, 11) is 1.52. The molecular formula is C12H18N2O5. The van der Waals surface area contributed by atoms with Crippen LogP contribution in [0.3, 0.4) is 0 Å². The van der Waals surface area contributed by atoms with Crippen LogP contribution in [-0.4, -0.2) is 42.3 Å². The third-order valence-electron chi connectivity index (χ3n) is 1.82. The fraction of sp³-hybridized carbons (Fsp3) is 0.333. The predicted octanol–water partition coefficient (Wildman–Crippen LogP) is 0.441. The molecule has 0 amide bonds. The van der Waals surface area contributed by atoms with Gasteiger partial charge in [-0.2, -0.15) is 0 Å². The molecule has 7 heteroatoms. The average Bonchev–Trinajstić information content (AvgIpc) is 2.35. The highest BCUT2D eigenvalue weighted by Crippen LogP contribution is 2.27. The van der Waals surface area contributed by atoms with Gasteiger partial charge in [0.25, 0.3) is 5.97 Å². The summed E-state index contributed by atoms with van der Waals surface area (Å²) in [6, 6.07) is 4.95. The lowest BCUT2D eigenvalue weighted by atomic mass is 10.2. The van der Waals surface area contributed by atoms with Gasteiger partial charge in [0.15, 0.2) is 11.5 Å². The van der Waals surface area contributed by atoms with Gasteiger partial charge in [-0.25, -0.2) is 0 Å². The molecule has 1 rings (SSSR count). The SMILES string of the molecule is CC(=O)O.COc1ccc(C(=N)N)cc1OCCO. The predicted molar refractivity (Wildman–Crippen MR) is 69.9 cm³/mol. The molecule has 0 unspecified atom stereocenters. The first-order chi connectivity index (χ1) is 8.92. The molecule has 0 fully saturated rings. The van der Waals surface area contributed by atoms with Crippen molar-refractivity contribution in [2.75, 3.05) is 20.3 Å². The van der Waals surface area contributed by atoms with Gasteiger partial charge in [-0.15, -0.1) is 0 Å². The van der Waals surface area contributed by atoms with E-state index < -0.39 is 5.97 Å². The third-order valence-corrected chi connectivity index (χ3v) is 1.82. The number of carbonyl (C=O) groups is 1. The van der Waals surface area contributed by atoms with E-state index in [1.165, 1.54) is 7.11 Å². The van der Waals surface area contributed by atoms with Crippen LogP contribution in [-0.2, 0) is 4.79 Å². The quantitative estimate of drug-likeness (QED) is 0.454. The van der Waals surface area contributed by atoms with Crippen molar-refractivity contribution in [3.05, 3.63) is 23.8 Å². The Hall–Kier alpha value is -2.28. The van der Waals surface area contributed by atoms with E-state index in [2.05, 4.69) is 0 Å². The number of amidine groups is 1. The summed E-state index contributed by atoms with van der Waals surface area (Å²) >= 11 is 0. The number of nitrogens with two attached hydrogens (primary N) is 1. The highest BCUT2D eigenvalue weighted by atomic mass is 16.5. The first-order valence-electron chi connectivity index (χ1n) is 5.38. The van der Waals surface area contributed by atoms with Crippen LogP contribution in [0.5, 0.6) is 11.5 Å². The van der Waals surface area contributed by atoms with Crippen molar-refractivity contribution in [3.8, 4) is 11.5 Å². The van der Waals surface area contributed by atoms with Crippen LogP contribution in [0.1, 0.15) is 12.5 Å². The number of nitrogens with one attached hydrogen (secondary N) is 1. The largest absolute Gasteiger partial charge is 0.493 e. The Morgan fingerprint density at radius 3 is 2.42 bits per heavy atom. The molecule has 0 aromatic heterocycles. The molecule has 0 spiro atoms. The number of aliphatic hydroxyl groups is 1. The second-order valence-corrected chi connectivity index (χ2v) is 3.37. The van der Waals surface area contributed by atoms with E-state index in [1.54, 1.807) is 18.2 Å². The number of hydrogen-bond donors (Lipinski definition) is 4. The van der Waals surface area contributed by atoms with Crippen LogP contribution in [0.2, 0.25) is 0 Å². The van der Waals surface area contributed by atoms with Crippen molar-refractivity contribution in [1.29, 1.82) is 5.41 Å². The van der Waals surface area contributed by atoms with Gasteiger partial charge >= 0.3 is 0 Å². The van der Waals surface area contributed by atoms with Crippen LogP contribution in [0.15, 0.2) is 18.2 Å². The first-order valence-corrected chi connectivity index (χ1v) is 5.38. The number of aliphatic carboxylic acids is 1. The van der Waals surface area contributed by atoms with E-state index >= 15 is 0 Å². The topological polar surface area (TPSA) is 126 Å². The summed E-state index contributed by atoms with van der Waals surface area (Å²) in [4.78, 5) is 9.00. The Morgan fingerprint density at radius 1 is 1.42 bits per heavy atom. The zero-order valence-corrected chi connectivity index (χ0v) is 10.8. The maximum Gasteiger partial charge on any atom is 0.300 e. The Balaban J connectivity index is 0.000000711. The molecule has 5 N–H and O–H groups in total. The molecule has 0 aliphatic heterocycles. The van der Waals surface area contributed by atoms with E-state index in [1.807, 2.05) is 0 Å². The average molecular weight is 270 g/mol. The van der Waals surface area contributed by atoms with E-state index in [-0.39, 0.29) is 19.0 Å². The van der Waals surface area contributed by atoms with Crippen molar-refractivity contribution >= 4 is 11.8 Å². The van der Waals surface area contributed by atoms with Gasteiger partial charge in [-0.05, 0) is 18.2 Å². The molecular weight excluding hydrogens is 252 g/mol. The Bertz CT molecular complexity index is 430. The van der Waals surface area contributed by atoms with Crippen LogP contribution in [0.25, 0.3) is 0 Å². The van der Waals surface area contributed by atoms with Gasteiger partial charge in [0.1, 0.15) is 12.4 Å². The van der Waals surface area contributed by atoms with Gasteiger partial charge in [0, 0.05) is 12.5 Å². The third kappa shape index (κ3) is 6.89. The van der Waals surface area contributed by atoms with Crippen molar-refractivity contribution in [2.24, 2.45) is 5.73 Å². The summed E-state index contributed by atoms with van der Waals surface area (Å²) in [5, 5.41) is 23.3. The number of benzene rings is 1. The Morgan fingerprint density at radius 2 is 2.00 bits per heavy atom. The molecule has 0 saturated carbocycles. The fourth-order valence-corrected chi connectivity index (χ4v) is 1.11. The molecule has 1 aromatic rings. The normalized spacial score (nSPS) is 9.00. The molecule has 106 valence electrons. The zero-order chi connectivity index (χ0) is 14.8. The highest BCUT2D eigenvalue weighted by Gasteiger charge is 2.06. The minimum atomic E-state index is -0.833. The molecule has 0 bridgehead atoms. The lowest BCUT2D eigenvalue weighted by molar-refractivity contribution is -0.134. The molecule has 0 saturated heterocycles. The Labute approximate surface area is 111 Å². The number of hydrogen-bond acceptors (Lipinski definition) is 5. The molecule has 1 aromatic carbocycles. The number of nitrogen functional groups attached to an aromatic ring is 1. The molecule has 0 heterocycles. The van der Waals surface area contributed by atoms with E-state index in [0.29, 0.717) is 17.1 Å². The van der Waals surface area contributed by atoms with Gasteiger partial charge in [-0.1, -0.05) is 0 Å². The van der Waals surface area contributed by atoms with E-state index in [9.17, 15) is 0 Å². The summed E-state index contributed by atoms with van der Waals surface area (Å²) in [6.07, 6.45) is 0. The lowest BCUT2D eigenvalue weighted by Crippen LogP contribution is -2.11. The van der Waals surface area contributed by atoms with Gasteiger partial charge < -0.3 is 25.4 Å². The van der Waals surface area contributed by atoms with E-state index in [4.69, 9.17) is 35.6 Å². The van der Waals surface area contributed by atoms with Gasteiger partial charge in [0.05, 0.1) is 13.7 Å². The molecule has 0 radical (unpaired) electrons. The lowest BCUT2D eigenvalue weighted by Gasteiger charge is -2.10. The fourth-order valence-electron chi connectivity index (χ4n) is 1.11. The summed E-state index contributed by atoms with van der Waals surface area (Å²) in [6.45, 7) is 1.19. The summed E-state index contributed by atoms with van der Waals surface area (Å²) in [5.41, 5.74) is 5.90. The zero-order valence-electron chi connectivity index (χ0n) is 10.8. The van der Waals surface area contributed by atoms with Crippen molar-refractivity contribution in [1.82, 2.24) is 0 Å². The number of carboxylic acid groups (broad SMARTS) is 1. The van der Waals surface area contributed by atoms with Crippen LogP contribution in [0.4, 0.5) is 0 Å². The van der Waals surface area contributed by atoms with Crippen LogP contribution >= 0.6 is 0 Å². The van der Waals surface area contributed by atoms with Gasteiger partial charge in [0.2, 0.25) is 0 Å². The summed E-state index contributed by atoms with van der Waals surface area (Å²) in [5.74, 6) is 0.152. The molecule has 0 aliphatic rings. The van der Waals surface area contributed by atoms with E-state index in [0.717, 1.165) is 6.92 Å². The number of methoxy groups -OCH3 is 1. The molecule has 0 atom stereocenters. The minimum absolute atomic E-state index is 0.0356. The van der Waals surface area contributed by atoms with Gasteiger partial charge in [-0.3, -0.25) is 10.2 Å². The minimum Gasteiger partial charge on any atom is -0.493 e. The number of ether oxygens (including phenoxy) is 2. The number of aliphatic hydroxyl groups excluding tert-OH is 1. The number of rotatable bonds is 5. The Kier molecular flexibility index (Phi) is 7.71. The van der Waals surface area contributed by atoms with Crippen LogP contribution < -0.4 is 15.2 Å². The maximum atomic E-state index is 9.00. The number of carboxylic acids is 1. The standard InChI is InChI=1S/C10H14N2O3.C2H4O2/c1-14-8-3-2-7(10(11)12)6-9(8)15-5-4-13;1-2(3)4/h2-3,6,13H,4-5H2,1H3,(H3,11,12);1H3,(H,3,4). The smallest absolute Gasteiger partial charge is 0.300 e. The summed E-state index contributed by atoms with van der Waals surface area (Å²) < 4.78 is 10.3. The molecule has 19 heavy (non-hydrogen) atoms. The maximum absolute atomic E-state index is 9.00. The van der Waals surface area contributed by atoms with Crippen molar-refractivity contribution in [2.45, 2.75) is 6.92 Å². The second-order valence-electron chi connectivity index (χ2n) is 3.37. The first kappa shape index (κ1) is 16.7. The molecule has 0 aliphatic carbocycles. The van der Waals surface area contributed by atoms with Crippen LogP contribution in [0, 0.1) is 5.41 Å². The molecule has 7 nitrogen and oxygen atoms in total. The highest BCUT2D eigenvalue weighted by molar-refractivity contribution is 5.95. The van der Waals surface area contributed by atoms with Crippen molar-refractivity contribution in [3.63, 3.8) is 0 Å². The van der Waals surface area contributed by atoms with Crippen molar-refractivity contribution < 1.29 is 24.5 Å².